The molecule has 1 heterocycles. The number of furan rings is 1. The molecular weight excluding hydrogens is 461 g/mol. The van der Waals surface area contributed by atoms with Gasteiger partial charge in [-0.2, -0.15) is 13.2 Å². The van der Waals surface area contributed by atoms with Crippen LogP contribution in [0.4, 0.5) is 13.2 Å². The molecule has 0 radical (unpaired) electrons. The molecule has 0 saturated carbocycles. The first-order chi connectivity index (χ1) is 16.7. The minimum atomic E-state index is -4.59. The summed E-state index contributed by atoms with van der Waals surface area (Å²) in [5.74, 6) is 0.224. The van der Waals surface area contributed by atoms with Crippen LogP contribution < -0.4 is 0 Å². The van der Waals surface area contributed by atoms with E-state index in [0.29, 0.717) is 11.5 Å². The van der Waals surface area contributed by atoms with Crippen LogP contribution in [0.3, 0.4) is 0 Å². The lowest BCUT2D eigenvalue weighted by Gasteiger charge is -2.27. The molecule has 0 N–H and O–H groups in total. The molecule has 9 heteroatoms. The van der Waals surface area contributed by atoms with Crippen LogP contribution in [-0.2, 0) is 28.8 Å². The highest BCUT2D eigenvalue weighted by molar-refractivity contribution is 5.96. The number of methoxy groups -OCH3 is 1. The third kappa shape index (κ3) is 7.45. The Kier molecular flexibility index (Phi) is 8.70. The van der Waals surface area contributed by atoms with Crippen LogP contribution in [-0.4, -0.2) is 48.4 Å². The largest absolute Gasteiger partial charge is 0.464 e. The summed E-state index contributed by atoms with van der Waals surface area (Å²) in [6.07, 6.45) is -4.59. The van der Waals surface area contributed by atoms with Gasteiger partial charge in [-0.15, -0.1) is 0 Å². The highest BCUT2D eigenvalue weighted by Gasteiger charge is 2.32. The molecule has 35 heavy (non-hydrogen) atoms. The van der Waals surface area contributed by atoms with Gasteiger partial charge in [0.25, 0.3) is 5.91 Å². The molecule has 3 rings (SSSR count). The van der Waals surface area contributed by atoms with Gasteiger partial charge in [0.15, 0.2) is 0 Å². The number of aryl methyl sites for hydroxylation is 1. The number of carbonyl (C=O) groups is 2. The molecule has 2 amide bonds. The number of ether oxygens (including phenoxy) is 1. The Balaban J connectivity index is 1.83. The van der Waals surface area contributed by atoms with Crippen LogP contribution in [0.2, 0.25) is 0 Å². The van der Waals surface area contributed by atoms with Gasteiger partial charge in [-0.3, -0.25) is 9.59 Å². The van der Waals surface area contributed by atoms with Gasteiger partial charge in [0, 0.05) is 25.8 Å². The second-order valence-electron chi connectivity index (χ2n) is 8.05. The monoisotopic (exact) mass is 488 g/mol. The van der Waals surface area contributed by atoms with Gasteiger partial charge in [-0.25, -0.2) is 0 Å². The molecule has 0 aliphatic heterocycles. The third-order valence-electron chi connectivity index (χ3n) is 5.33. The average molecular weight is 489 g/mol. The van der Waals surface area contributed by atoms with Crippen molar-refractivity contribution >= 4 is 11.8 Å². The summed E-state index contributed by atoms with van der Waals surface area (Å²) < 4.78 is 50.1. The highest BCUT2D eigenvalue weighted by Crippen LogP contribution is 2.29. The Morgan fingerprint density at radius 3 is 2.31 bits per heavy atom. The second kappa shape index (κ2) is 11.7. The minimum absolute atomic E-state index is 0.0381. The van der Waals surface area contributed by atoms with E-state index in [9.17, 15) is 22.8 Å². The zero-order valence-corrected chi connectivity index (χ0v) is 19.5. The van der Waals surface area contributed by atoms with Gasteiger partial charge < -0.3 is 19.0 Å². The molecule has 0 aliphatic rings. The van der Waals surface area contributed by atoms with E-state index in [1.165, 1.54) is 24.1 Å². The number of hydrogen-bond donors (Lipinski definition) is 0. The normalized spacial score (nSPS) is 11.3. The van der Waals surface area contributed by atoms with Crippen molar-refractivity contribution < 1.29 is 31.9 Å². The molecular formula is C26H27F3N2O4. The number of nitrogens with zero attached hydrogens (tertiary/aromatic N) is 2. The molecule has 0 bridgehead atoms. The number of halogens is 3. The molecule has 6 nitrogen and oxygen atoms in total. The van der Waals surface area contributed by atoms with Crippen molar-refractivity contribution in [2.24, 2.45) is 0 Å². The quantitative estimate of drug-likeness (QED) is 0.406. The summed E-state index contributed by atoms with van der Waals surface area (Å²) in [5, 5.41) is 0. The SMILES string of the molecule is COCCN(CC(=O)N(Cc1ccccc1)Cc1ccc(C)o1)C(=O)c1cccc(C(F)(F)F)c1. The lowest BCUT2D eigenvalue weighted by Crippen LogP contribution is -2.43. The molecule has 0 unspecified atom stereocenters. The maximum atomic E-state index is 13.4. The molecule has 0 aliphatic carbocycles. The molecule has 186 valence electrons. The number of amides is 2. The van der Waals surface area contributed by atoms with E-state index in [2.05, 4.69) is 0 Å². The van der Waals surface area contributed by atoms with E-state index in [-0.39, 0.29) is 44.3 Å². The van der Waals surface area contributed by atoms with Gasteiger partial charge >= 0.3 is 6.18 Å². The van der Waals surface area contributed by atoms with Crippen LogP contribution in [0.15, 0.2) is 71.1 Å². The van der Waals surface area contributed by atoms with Crippen molar-refractivity contribution in [1.82, 2.24) is 9.80 Å². The number of hydrogen-bond acceptors (Lipinski definition) is 4. The highest BCUT2D eigenvalue weighted by atomic mass is 19.4. The summed E-state index contributed by atoms with van der Waals surface area (Å²) in [5.41, 5.74) is -0.197. The summed E-state index contributed by atoms with van der Waals surface area (Å²) in [6.45, 7) is 2.08. The second-order valence-corrected chi connectivity index (χ2v) is 8.05. The fraction of sp³-hybridized carbons (Fsp3) is 0.308. The maximum absolute atomic E-state index is 13.4. The molecule has 0 fully saturated rings. The third-order valence-corrected chi connectivity index (χ3v) is 5.33. The molecule has 3 aromatic rings. The topological polar surface area (TPSA) is 63.0 Å². The Labute approximate surface area is 201 Å². The maximum Gasteiger partial charge on any atom is 0.416 e. The van der Waals surface area contributed by atoms with E-state index in [0.717, 1.165) is 17.7 Å². The predicted molar refractivity (Wildman–Crippen MR) is 123 cm³/mol. The fourth-order valence-electron chi connectivity index (χ4n) is 3.52. The summed E-state index contributed by atoms with van der Waals surface area (Å²) >= 11 is 0. The van der Waals surface area contributed by atoms with Crippen molar-refractivity contribution in [3.63, 3.8) is 0 Å². The first kappa shape index (κ1) is 26.0. The number of carbonyl (C=O) groups excluding carboxylic acids is 2. The number of alkyl halides is 3. The molecule has 2 aromatic carbocycles. The Morgan fingerprint density at radius 1 is 0.943 bits per heavy atom. The predicted octanol–water partition coefficient (Wildman–Crippen LogP) is 4.92. The summed E-state index contributed by atoms with van der Waals surface area (Å²) in [4.78, 5) is 29.2. The summed E-state index contributed by atoms with van der Waals surface area (Å²) in [6, 6.07) is 17.1. The fourth-order valence-corrected chi connectivity index (χ4v) is 3.52. The molecule has 0 saturated heterocycles. The van der Waals surface area contributed by atoms with Gasteiger partial charge in [0.2, 0.25) is 5.91 Å². The van der Waals surface area contributed by atoms with Gasteiger partial charge in [0.05, 0.1) is 18.7 Å². The van der Waals surface area contributed by atoms with E-state index < -0.39 is 17.6 Å². The average Bonchev–Trinajstić information content (AvgIpc) is 3.25. The standard InChI is InChI=1S/C26H27F3N2O4/c1-19-11-12-23(35-19)17-31(16-20-7-4-3-5-8-20)24(32)18-30(13-14-34-2)25(33)21-9-6-10-22(15-21)26(27,28)29/h3-12,15H,13-14,16-18H2,1-2H3. The van der Waals surface area contributed by atoms with Crippen molar-refractivity contribution in [2.45, 2.75) is 26.2 Å². The van der Waals surface area contributed by atoms with E-state index in [4.69, 9.17) is 9.15 Å². The van der Waals surface area contributed by atoms with Crippen molar-refractivity contribution in [3.05, 3.63) is 94.9 Å². The van der Waals surface area contributed by atoms with Crippen LogP contribution >= 0.6 is 0 Å². The van der Waals surface area contributed by atoms with Gasteiger partial charge in [-0.1, -0.05) is 36.4 Å². The Bertz CT molecular complexity index is 1130. The van der Waals surface area contributed by atoms with Gasteiger partial charge in [0.1, 0.15) is 18.1 Å². The Morgan fingerprint density at radius 2 is 1.69 bits per heavy atom. The zero-order valence-electron chi connectivity index (χ0n) is 19.5. The number of rotatable bonds is 10. The first-order valence-corrected chi connectivity index (χ1v) is 11.0. The van der Waals surface area contributed by atoms with Gasteiger partial charge in [-0.05, 0) is 42.8 Å². The lowest BCUT2D eigenvalue weighted by atomic mass is 10.1. The molecule has 0 spiro atoms. The van der Waals surface area contributed by atoms with Crippen LogP contribution in [0, 0.1) is 6.92 Å². The van der Waals surface area contributed by atoms with Crippen LogP contribution in [0.5, 0.6) is 0 Å². The van der Waals surface area contributed by atoms with E-state index in [1.807, 2.05) is 30.3 Å². The van der Waals surface area contributed by atoms with Crippen molar-refractivity contribution in [3.8, 4) is 0 Å². The van der Waals surface area contributed by atoms with Crippen molar-refractivity contribution in [2.75, 3.05) is 26.8 Å². The van der Waals surface area contributed by atoms with E-state index >= 15 is 0 Å². The minimum Gasteiger partial charge on any atom is -0.464 e. The number of benzene rings is 2. The molecule has 1 aromatic heterocycles. The van der Waals surface area contributed by atoms with E-state index in [1.54, 1.807) is 24.0 Å². The Hall–Kier alpha value is -3.59. The molecule has 0 atom stereocenters. The van der Waals surface area contributed by atoms with Crippen LogP contribution in [0.1, 0.15) is 33.0 Å². The lowest BCUT2D eigenvalue weighted by molar-refractivity contribution is -0.137. The smallest absolute Gasteiger partial charge is 0.416 e. The van der Waals surface area contributed by atoms with Crippen molar-refractivity contribution in [1.29, 1.82) is 0 Å². The summed E-state index contributed by atoms with van der Waals surface area (Å²) in [7, 11) is 1.44. The van der Waals surface area contributed by atoms with Crippen LogP contribution in [0.25, 0.3) is 0 Å². The zero-order chi connectivity index (χ0) is 25.4. The first-order valence-electron chi connectivity index (χ1n) is 11.0.